The van der Waals surface area contributed by atoms with Gasteiger partial charge in [0.25, 0.3) is 0 Å². The molecule has 25 heavy (non-hydrogen) atoms. The van der Waals surface area contributed by atoms with Gasteiger partial charge in [-0.25, -0.2) is 0 Å². The van der Waals surface area contributed by atoms with E-state index in [9.17, 15) is 25.4 Å². The number of nitro groups is 1. The standard InChI is InChI=1S/C13H20NO10P/c15-11-7(6-23-25(20,21)22)5-10(12(16)13(11)17)24-9-4-2-1-3-8(9)14(18)19/h1-4,7,10-13,15-17,20-22,25H,5-6H2. The maximum absolute atomic E-state index is 11.0. The Hall–Kier alpha value is -1.43. The van der Waals surface area contributed by atoms with Crippen molar-refractivity contribution in [2.75, 3.05) is 6.61 Å². The minimum atomic E-state index is -4.82. The van der Waals surface area contributed by atoms with Crippen molar-refractivity contribution in [1.82, 2.24) is 0 Å². The summed E-state index contributed by atoms with van der Waals surface area (Å²) in [6, 6.07) is 5.46. The Morgan fingerprint density at radius 1 is 1.12 bits per heavy atom. The molecule has 2 rings (SSSR count). The Balaban J connectivity index is 2.15. The summed E-state index contributed by atoms with van der Waals surface area (Å²) in [5.74, 6) is -1.04. The molecule has 0 heterocycles. The molecule has 142 valence electrons. The van der Waals surface area contributed by atoms with Gasteiger partial charge in [-0.1, -0.05) is 0 Å². The van der Waals surface area contributed by atoms with E-state index in [0.29, 0.717) is 0 Å². The molecule has 0 aliphatic heterocycles. The Morgan fingerprint density at radius 2 is 1.76 bits per heavy atom. The van der Waals surface area contributed by atoms with Crippen LogP contribution in [-0.2, 0) is 4.52 Å². The van der Waals surface area contributed by atoms with Gasteiger partial charge in [-0.2, -0.15) is 0 Å². The number of para-hydroxylation sites is 2. The van der Waals surface area contributed by atoms with Crippen molar-refractivity contribution in [3.8, 4) is 5.75 Å². The van der Waals surface area contributed by atoms with Crippen LogP contribution in [0.3, 0.4) is 0 Å². The van der Waals surface area contributed by atoms with Crippen LogP contribution in [0.15, 0.2) is 24.3 Å². The van der Waals surface area contributed by atoms with Crippen molar-refractivity contribution in [2.45, 2.75) is 30.8 Å². The number of hydrogen-bond donors (Lipinski definition) is 6. The van der Waals surface area contributed by atoms with E-state index in [2.05, 4.69) is 4.52 Å². The number of hydrogen-bond acceptors (Lipinski definition) is 10. The number of aliphatic hydroxyl groups excluding tert-OH is 3. The molecule has 5 atom stereocenters. The third-order valence-corrected chi connectivity index (χ3v) is 4.48. The number of nitro benzene ring substituents is 1. The summed E-state index contributed by atoms with van der Waals surface area (Å²) in [5, 5.41) is 40.9. The predicted molar refractivity (Wildman–Crippen MR) is 84.6 cm³/mol. The van der Waals surface area contributed by atoms with E-state index in [0.717, 1.165) is 0 Å². The quantitative estimate of drug-likeness (QED) is 0.200. The molecule has 1 fully saturated rings. The fourth-order valence-electron chi connectivity index (χ4n) is 2.65. The third-order valence-electron chi connectivity index (χ3n) is 3.93. The summed E-state index contributed by atoms with van der Waals surface area (Å²) in [4.78, 5) is 37.0. The van der Waals surface area contributed by atoms with Gasteiger partial charge in [-0.15, -0.1) is 0 Å². The van der Waals surface area contributed by atoms with Crippen molar-refractivity contribution < 1.29 is 44.2 Å². The van der Waals surface area contributed by atoms with Gasteiger partial charge < -0.3 is 0 Å². The number of nitrogens with zero attached hydrogens (tertiary/aromatic N) is 1. The number of benzene rings is 1. The molecule has 0 bridgehead atoms. The molecule has 12 heteroatoms. The van der Waals surface area contributed by atoms with Crippen molar-refractivity contribution in [3.05, 3.63) is 34.4 Å². The van der Waals surface area contributed by atoms with E-state index in [1.807, 2.05) is 0 Å². The second-order valence-corrected chi connectivity index (χ2v) is 7.17. The second kappa shape index (κ2) is 7.85. The monoisotopic (exact) mass is 381 g/mol. The van der Waals surface area contributed by atoms with E-state index in [4.69, 9.17) is 19.4 Å². The SMILES string of the molecule is O=[N+]([O-])c1ccccc1OC1CC(CO[PH](O)(O)O)C(O)C(O)C1O. The van der Waals surface area contributed by atoms with Crippen molar-refractivity contribution >= 4 is 13.9 Å². The van der Waals surface area contributed by atoms with Crippen molar-refractivity contribution in [2.24, 2.45) is 5.92 Å². The van der Waals surface area contributed by atoms with Gasteiger partial charge in [0, 0.05) is 0 Å². The van der Waals surface area contributed by atoms with E-state index < -0.39 is 50.0 Å². The first-order valence-corrected chi connectivity index (χ1v) is 9.10. The molecular formula is C13H20NO10P. The molecule has 0 radical (unpaired) electrons. The molecule has 0 amide bonds. The van der Waals surface area contributed by atoms with E-state index in [1.165, 1.54) is 24.3 Å². The van der Waals surface area contributed by atoms with Crippen LogP contribution in [0.25, 0.3) is 0 Å². The zero-order valence-corrected chi connectivity index (χ0v) is 13.9. The summed E-state index contributed by atoms with van der Waals surface area (Å²) in [6.45, 7) is -0.516. The molecule has 0 spiro atoms. The first-order chi connectivity index (χ1) is 11.6. The Labute approximate surface area is 142 Å². The molecule has 1 aromatic carbocycles. The molecule has 1 aromatic rings. The Bertz CT molecular complexity index is 609. The third kappa shape index (κ3) is 5.03. The summed E-state index contributed by atoms with van der Waals surface area (Å²) < 4.78 is 9.92. The summed E-state index contributed by atoms with van der Waals surface area (Å²) >= 11 is 0. The maximum atomic E-state index is 11.0. The average molecular weight is 381 g/mol. The summed E-state index contributed by atoms with van der Waals surface area (Å²) in [6.07, 6.45) is -5.90. The Morgan fingerprint density at radius 3 is 2.36 bits per heavy atom. The van der Waals surface area contributed by atoms with Crippen LogP contribution in [0.2, 0.25) is 0 Å². The minimum absolute atomic E-state index is 0.115. The molecule has 6 N–H and O–H groups in total. The van der Waals surface area contributed by atoms with Gasteiger partial charge in [0.15, 0.2) is 0 Å². The molecule has 11 nitrogen and oxygen atoms in total. The van der Waals surface area contributed by atoms with Crippen molar-refractivity contribution in [1.29, 1.82) is 0 Å². The molecule has 1 aliphatic rings. The fourth-order valence-corrected chi connectivity index (χ4v) is 3.09. The van der Waals surface area contributed by atoms with E-state index in [-0.39, 0.29) is 17.9 Å². The van der Waals surface area contributed by atoms with E-state index >= 15 is 0 Å². The summed E-state index contributed by atoms with van der Waals surface area (Å²) in [7, 11) is -4.82. The zero-order chi connectivity index (χ0) is 18.8. The van der Waals surface area contributed by atoms with Crippen LogP contribution in [-0.4, -0.2) is 65.9 Å². The first kappa shape index (κ1) is 19.9. The van der Waals surface area contributed by atoms with Crippen LogP contribution in [0, 0.1) is 16.0 Å². The molecule has 5 unspecified atom stereocenters. The fraction of sp³-hybridized carbons (Fsp3) is 0.538. The predicted octanol–water partition coefficient (Wildman–Crippen LogP) is -1.15. The van der Waals surface area contributed by atoms with Crippen LogP contribution in [0.4, 0.5) is 5.69 Å². The number of ether oxygens (including phenoxy) is 1. The Kier molecular flexibility index (Phi) is 6.25. The van der Waals surface area contributed by atoms with Crippen LogP contribution in [0.1, 0.15) is 6.42 Å². The number of rotatable bonds is 6. The van der Waals surface area contributed by atoms with Crippen LogP contribution in [0.5, 0.6) is 5.75 Å². The van der Waals surface area contributed by atoms with Crippen LogP contribution >= 0.6 is 8.17 Å². The molecule has 0 saturated heterocycles. The zero-order valence-electron chi connectivity index (χ0n) is 12.9. The molecule has 0 aromatic heterocycles. The van der Waals surface area contributed by atoms with Gasteiger partial charge >= 0.3 is 142 Å². The number of aliphatic hydroxyl groups is 3. The van der Waals surface area contributed by atoms with Gasteiger partial charge in [-0.3, -0.25) is 0 Å². The second-order valence-electron chi connectivity index (χ2n) is 5.73. The summed E-state index contributed by atoms with van der Waals surface area (Å²) in [5.41, 5.74) is -0.337. The topological polar surface area (TPSA) is 183 Å². The normalized spacial score (nSPS) is 30.7. The first-order valence-electron chi connectivity index (χ1n) is 7.35. The van der Waals surface area contributed by atoms with Gasteiger partial charge in [0.1, 0.15) is 0 Å². The van der Waals surface area contributed by atoms with Crippen LogP contribution < -0.4 is 4.74 Å². The molecule has 1 aliphatic carbocycles. The van der Waals surface area contributed by atoms with Gasteiger partial charge in [-0.05, 0) is 0 Å². The van der Waals surface area contributed by atoms with Gasteiger partial charge in [0.05, 0.1) is 0 Å². The molecule has 1 saturated carbocycles. The van der Waals surface area contributed by atoms with Crippen molar-refractivity contribution in [3.63, 3.8) is 0 Å². The molecular weight excluding hydrogens is 361 g/mol. The average Bonchev–Trinajstić information content (AvgIpc) is 2.53. The van der Waals surface area contributed by atoms with E-state index in [1.54, 1.807) is 0 Å². The van der Waals surface area contributed by atoms with Gasteiger partial charge in [0.2, 0.25) is 0 Å².